The summed E-state index contributed by atoms with van der Waals surface area (Å²) >= 11 is 9.71. The zero-order chi connectivity index (χ0) is 14.6. The van der Waals surface area contributed by atoms with Gasteiger partial charge in [-0.1, -0.05) is 39.3 Å². The Morgan fingerprint density at radius 2 is 2.16 bits per heavy atom. The van der Waals surface area contributed by atoms with E-state index in [4.69, 9.17) is 16.9 Å². The molecule has 0 aliphatic carbocycles. The normalized spacial score (nSPS) is 12.2. The Bertz CT molecular complexity index is 554. The lowest BCUT2D eigenvalue weighted by molar-refractivity contribution is -0.138. The van der Waals surface area contributed by atoms with Crippen molar-refractivity contribution in [2.24, 2.45) is 4.99 Å². The second kappa shape index (κ2) is 6.50. The molecular formula is C10H6BrClF3N3S. The van der Waals surface area contributed by atoms with E-state index in [1.54, 1.807) is 12.4 Å². The van der Waals surface area contributed by atoms with Gasteiger partial charge in [-0.3, -0.25) is 5.32 Å². The molecule has 0 aromatic heterocycles. The van der Waals surface area contributed by atoms with Crippen LogP contribution in [0.4, 0.5) is 18.9 Å². The first-order valence-corrected chi connectivity index (χ1v) is 7.03. The topological polar surface area (TPSA) is 48.2 Å². The maximum absolute atomic E-state index is 12.7. The van der Waals surface area contributed by atoms with E-state index in [9.17, 15) is 13.2 Å². The lowest BCUT2D eigenvalue weighted by Crippen LogP contribution is -2.12. The molecule has 3 nitrogen and oxygen atoms in total. The van der Waals surface area contributed by atoms with Crippen molar-refractivity contribution < 1.29 is 13.2 Å². The highest BCUT2D eigenvalue weighted by Crippen LogP contribution is 2.40. The Morgan fingerprint density at radius 1 is 1.53 bits per heavy atom. The van der Waals surface area contributed by atoms with Gasteiger partial charge in [0.05, 0.1) is 16.3 Å². The fraction of sp³-hybridized carbons (Fsp3) is 0.200. The highest BCUT2D eigenvalue weighted by Gasteiger charge is 2.33. The molecule has 0 fully saturated rings. The SMILES string of the molecule is CSC(=Nc1cc(C(F)(F)F)c(Br)cc1Cl)NC#N. The molecule has 0 spiro atoms. The number of amidine groups is 1. The number of halogens is 5. The Hall–Kier alpha value is -0.910. The first kappa shape index (κ1) is 16.1. The third kappa shape index (κ3) is 4.30. The quantitative estimate of drug-likeness (QED) is 0.341. The van der Waals surface area contributed by atoms with Gasteiger partial charge in [0.15, 0.2) is 11.4 Å². The molecule has 1 rings (SSSR count). The highest BCUT2D eigenvalue weighted by atomic mass is 79.9. The molecule has 0 radical (unpaired) electrons. The Kier molecular flexibility index (Phi) is 5.52. The minimum absolute atomic E-state index is 0.0474. The first-order valence-electron chi connectivity index (χ1n) is 4.63. The molecule has 0 bridgehead atoms. The second-order valence-corrected chi connectivity index (χ2v) is 5.20. The van der Waals surface area contributed by atoms with Crippen LogP contribution in [0.25, 0.3) is 0 Å². The van der Waals surface area contributed by atoms with Crippen molar-refractivity contribution in [2.75, 3.05) is 6.26 Å². The van der Waals surface area contributed by atoms with Crippen molar-refractivity contribution in [3.05, 3.63) is 27.2 Å². The number of benzene rings is 1. The highest BCUT2D eigenvalue weighted by molar-refractivity contribution is 9.10. The number of alkyl halides is 3. The van der Waals surface area contributed by atoms with Gasteiger partial charge in [-0.2, -0.15) is 18.4 Å². The molecule has 0 heterocycles. The van der Waals surface area contributed by atoms with E-state index in [1.807, 2.05) is 0 Å². The van der Waals surface area contributed by atoms with E-state index in [2.05, 4.69) is 26.2 Å². The van der Waals surface area contributed by atoms with Gasteiger partial charge < -0.3 is 0 Å². The van der Waals surface area contributed by atoms with Gasteiger partial charge in [0.25, 0.3) is 0 Å². The number of nitrogens with zero attached hydrogens (tertiary/aromatic N) is 2. The molecule has 1 aromatic carbocycles. The van der Waals surface area contributed by atoms with E-state index >= 15 is 0 Å². The van der Waals surface area contributed by atoms with E-state index in [1.165, 1.54) is 0 Å². The molecular weight excluding hydrogens is 367 g/mol. The van der Waals surface area contributed by atoms with Crippen LogP contribution in [0.5, 0.6) is 0 Å². The molecule has 0 amide bonds. The maximum atomic E-state index is 12.7. The minimum Gasteiger partial charge on any atom is -0.271 e. The molecule has 1 aromatic rings. The molecule has 102 valence electrons. The van der Waals surface area contributed by atoms with Gasteiger partial charge in [0, 0.05) is 4.47 Å². The van der Waals surface area contributed by atoms with Crippen molar-refractivity contribution in [3.8, 4) is 6.19 Å². The van der Waals surface area contributed by atoms with E-state index in [-0.39, 0.29) is 20.4 Å². The molecule has 0 atom stereocenters. The smallest absolute Gasteiger partial charge is 0.271 e. The summed E-state index contributed by atoms with van der Waals surface area (Å²) in [4.78, 5) is 3.87. The molecule has 19 heavy (non-hydrogen) atoms. The Balaban J connectivity index is 3.34. The Morgan fingerprint density at radius 3 is 2.63 bits per heavy atom. The van der Waals surface area contributed by atoms with Crippen molar-refractivity contribution in [2.45, 2.75) is 6.18 Å². The maximum Gasteiger partial charge on any atom is 0.417 e. The third-order valence-corrected chi connectivity index (χ3v) is 3.46. The molecule has 0 unspecified atom stereocenters. The Labute approximate surface area is 125 Å². The van der Waals surface area contributed by atoms with Crippen LogP contribution in [0.2, 0.25) is 5.02 Å². The van der Waals surface area contributed by atoms with Crippen LogP contribution < -0.4 is 5.32 Å². The molecule has 0 aliphatic rings. The monoisotopic (exact) mass is 371 g/mol. The number of hydrogen-bond acceptors (Lipinski definition) is 3. The van der Waals surface area contributed by atoms with Gasteiger partial charge in [0.1, 0.15) is 0 Å². The summed E-state index contributed by atoms with van der Waals surface area (Å²) in [7, 11) is 0. The van der Waals surface area contributed by atoms with Crippen LogP contribution in [-0.2, 0) is 6.18 Å². The van der Waals surface area contributed by atoms with Gasteiger partial charge in [0.2, 0.25) is 0 Å². The molecule has 0 saturated carbocycles. The lowest BCUT2D eigenvalue weighted by atomic mass is 10.2. The zero-order valence-electron chi connectivity index (χ0n) is 9.35. The predicted octanol–water partition coefficient (Wildman–Crippen LogP) is 4.54. The third-order valence-electron chi connectivity index (χ3n) is 1.92. The van der Waals surface area contributed by atoms with Crippen LogP contribution in [0, 0.1) is 11.5 Å². The molecule has 0 saturated heterocycles. The second-order valence-electron chi connectivity index (χ2n) is 3.14. The van der Waals surface area contributed by atoms with E-state index in [0.29, 0.717) is 0 Å². The van der Waals surface area contributed by atoms with Gasteiger partial charge in [-0.25, -0.2) is 4.99 Å². The summed E-state index contributed by atoms with van der Waals surface area (Å²) in [5, 5.41) is 10.9. The summed E-state index contributed by atoms with van der Waals surface area (Å²) in [6, 6.07) is 1.94. The van der Waals surface area contributed by atoms with Crippen LogP contribution >= 0.6 is 39.3 Å². The van der Waals surface area contributed by atoms with Crippen LogP contribution in [0.15, 0.2) is 21.6 Å². The standard InChI is InChI=1S/C10H6BrClF3N3S/c1-19-9(17-4-16)18-8-2-5(10(13,14)15)6(11)3-7(8)12/h2-3H,1H3,(H,17,18). The number of thioether (sulfide) groups is 1. The van der Waals surface area contributed by atoms with Crippen molar-refractivity contribution >= 4 is 50.1 Å². The lowest BCUT2D eigenvalue weighted by Gasteiger charge is -2.11. The average molecular weight is 373 g/mol. The number of nitriles is 1. The zero-order valence-corrected chi connectivity index (χ0v) is 12.5. The summed E-state index contributed by atoms with van der Waals surface area (Å²) in [5.74, 6) is 0. The van der Waals surface area contributed by atoms with Crippen LogP contribution in [-0.4, -0.2) is 11.4 Å². The number of nitrogens with one attached hydrogen (secondary N) is 1. The van der Waals surface area contributed by atoms with Crippen molar-refractivity contribution in [3.63, 3.8) is 0 Å². The first-order chi connectivity index (χ1) is 8.79. The van der Waals surface area contributed by atoms with Crippen molar-refractivity contribution in [1.29, 1.82) is 5.26 Å². The number of hydrogen-bond donors (Lipinski definition) is 1. The summed E-state index contributed by atoms with van der Waals surface area (Å²) < 4.78 is 38.0. The minimum atomic E-state index is -4.52. The van der Waals surface area contributed by atoms with Crippen molar-refractivity contribution in [1.82, 2.24) is 5.32 Å². The van der Waals surface area contributed by atoms with E-state index < -0.39 is 11.7 Å². The van der Waals surface area contributed by atoms with Gasteiger partial charge >= 0.3 is 6.18 Å². The number of aliphatic imine (C=N–C) groups is 1. The summed E-state index contributed by atoms with van der Waals surface area (Å²) in [5.41, 5.74) is -0.947. The van der Waals surface area contributed by atoms with Crippen LogP contribution in [0.3, 0.4) is 0 Å². The fourth-order valence-corrected chi connectivity index (χ4v) is 2.37. The van der Waals surface area contributed by atoms with Gasteiger partial charge in [-0.05, 0) is 18.4 Å². The summed E-state index contributed by atoms with van der Waals surface area (Å²) in [6.45, 7) is 0. The average Bonchev–Trinajstić information content (AvgIpc) is 2.29. The molecule has 9 heteroatoms. The number of rotatable bonds is 1. The predicted molar refractivity (Wildman–Crippen MR) is 73.5 cm³/mol. The molecule has 0 aliphatic heterocycles. The molecule has 1 N–H and O–H groups in total. The van der Waals surface area contributed by atoms with Crippen LogP contribution in [0.1, 0.15) is 5.56 Å². The van der Waals surface area contributed by atoms with E-state index in [0.717, 1.165) is 23.9 Å². The fourth-order valence-electron chi connectivity index (χ4n) is 1.12. The van der Waals surface area contributed by atoms with Gasteiger partial charge in [-0.15, -0.1) is 0 Å². The summed E-state index contributed by atoms with van der Waals surface area (Å²) in [6.07, 6.45) is -1.25. The largest absolute Gasteiger partial charge is 0.417 e.